The molecule has 3 aromatic carbocycles. The Morgan fingerprint density at radius 3 is 2.39 bits per heavy atom. The quantitative estimate of drug-likeness (QED) is 0.286. The molecule has 4 rings (SSSR count). The maximum absolute atomic E-state index is 13.6. The van der Waals surface area contributed by atoms with E-state index in [1.54, 1.807) is 24.3 Å². The Balaban J connectivity index is 1.66. The number of carbonyl (C=O) groups is 2. The molecular weight excluding hydrogens is 538 g/mol. The summed E-state index contributed by atoms with van der Waals surface area (Å²) in [6, 6.07) is 26.4. The second-order valence-electron chi connectivity index (χ2n) is 8.00. The zero-order valence-electron chi connectivity index (χ0n) is 19.6. The lowest BCUT2D eigenvalue weighted by atomic mass is 10.1. The molecule has 0 aromatic heterocycles. The molecule has 0 bridgehead atoms. The fraction of sp³-hybridized carbons (Fsp3) is 0.179. The standard InChI is InChI=1S/C28H24BrN3O3S/c1-2-35-23-14-12-22(13-15-23)32-27(34)25(16-19-8-10-21(29)11-9-19)36-28(32)24(17-30)26(33)31-18-20-6-4-3-5-7-20/h3-15,25H,2,16,18H2,1H3,(H,31,33)/b28-24-. The molecule has 1 heterocycles. The SMILES string of the molecule is CCOc1ccc(N2C(=O)C(Cc3ccc(Br)cc3)S/C2=C(/C#N)C(=O)NCc2ccccc2)cc1. The average molecular weight is 562 g/mol. The lowest BCUT2D eigenvalue weighted by Gasteiger charge is -2.19. The minimum Gasteiger partial charge on any atom is -0.494 e. The van der Waals surface area contributed by atoms with Gasteiger partial charge >= 0.3 is 0 Å². The molecule has 2 amide bonds. The Labute approximate surface area is 223 Å². The van der Waals surface area contributed by atoms with E-state index >= 15 is 0 Å². The van der Waals surface area contributed by atoms with Crippen molar-refractivity contribution in [1.29, 1.82) is 5.26 Å². The fourth-order valence-electron chi connectivity index (χ4n) is 3.78. The Bertz CT molecular complexity index is 1300. The van der Waals surface area contributed by atoms with Crippen molar-refractivity contribution in [2.45, 2.75) is 25.1 Å². The molecule has 0 saturated carbocycles. The van der Waals surface area contributed by atoms with Crippen LogP contribution in [-0.4, -0.2) is 23.7 Å². The number of rotatable bonds is 8. The van der Waals surface area contributed by atoms with Gasteiger partial charge in [0, 0.05) is 16.7 Å². The normalized spacial score (nSPS) is 16.4. The van der Waals surface area contributed by atoms with Crippen molar-refractivity contribution in [2.24, 2.45) is 0 Å². The van der Waals surface area contributed by atoms with Gasteiger partial charge in [0.15, 0.2) is 0 Å². The number of halogens is 1. The number of thioether (sulfide) groups is 1. The lowest BCUT2D eigenvalue weighted by Crippen LogP contribution is -2.32. The molecule has 1 N–H and O–H groups in total. The number of carbonyl (C=O) groups excluding carboxylic acids is 2. The van der Waals surface area contributed by atoms with E-state index in [0.29, 0.717) is 29.5 Å². The van der Waals surface area contributed by atoms with Crippen LogP contribution in [0.5, 0.6) is 5.75 Å². The molecule has 1 saturated heterocycles. The number of nitrogens with zero attached hydrogens (tertiary/aromatic N) is 2. The number of anilines is 1. The molecule has 0 aliphatic carbocycles. The summed E-state index contributed by atoms with van der Waals surface area (Å²) in [5, 5.41) is 12.7. The summed E-state index contributed by atoms with van der Waals surface area (Å²) < 4.78 is 6.48. The fourth-order valence-corrected chi connectivity index (χ4v) is 5.35. The summed E-state index contributed by atoms with van der Waals surface area (Å²) in [6.07, 6.45) is 0.470. The number of hydrogen-bond acceptors (Lipinski definition) is 5. The van der Waals surface area contributed by atoms with E-state index in [0.717, 1.165) is 15.6 Å². The first-order chi connectivity index (χ1) is 17.5. The van der Waals surface area contributed by atoms with Crippen LogP contribution in [0.1, 0.15) is 18.1 Å². The average Bonchev–Trinajstić information content (AvgIpc) is 3.21. The van der Waals surface area contributed by atoms with E-state index in [4.69, 9.17) is 4.74 Å². The molecule has 36 heavy (non-hydrogen) atoms. The Morgan fingerprint density at radius 2 is 1.75 bits per heavy atom. The highest BCUT2D eigenvalue weighted by molar-refractivity contribution is 9.10. The Morgan fingerprint density at radius 1 is 1.06 bits per heavy atom. The Hall–Kier alpha value is -3.54. The highest BCUT2D eigenvalue weighted by atomic mass is 79.9. The van der Waals surface area contributed by atoms with Crippen molar-refractivity contribution in [1.82, 2.24) is 5.32 Å². The van der Waals surface area contributed by atoms with Gasteiger partial charge in [-0.3, -0.25) is 14.5 Å². The molecule has 1 fully saturated rings. The largest absolute Gasteiger partial charge is 0.494 e. The molecule has 0 radical (unpaired) electrons. The summed E-state index contributed by atoms with van der Waals surface area (Å²) in [7, 11) is 0. The van der Waals surface area contributed by atoms with Gasteiger partial charge < -0.3 is 10.1 Å². The first-order valence-electron chi connectivity index (χ1n) is 11.4. The maximum atomic E-state index is 13.6. The van der Waals surface area contributed by atoms with E-state index < -0.39 is 11.2 Å². The Kier molecular flexibility index (Phi) is 8.47. The van der Waals surface area contributed by atoms with Gasteiger partial charge in [-0.1, -0.05) is 70.2 Å². The molecule has 0 spiro atoms. The molecule has 1 aliphatic heterocycles. The summed E-state index contributed by atoms with van der Waals surface area (Å²) in [5.74, 6) is -0.0128. The summed E-state index contributed by atoms with van der Waals surface area (Å²) in [6.45, 7) is 2.70. The van der Waals surface area contributed by atoms with Gasteiger partial charge in [0.25, 0.3) is 5.91 Å². The van der Waals surface area contributed by atoms with Crippen LogP contribution in [0.3, 0.4) is 0 Å². The number of nitrogens with one attached hydrogen (secondary N) is 1. The van der Waals surface area contributed by atoms with Gasteiger partial charge in [0.1, 0.15) is 22.4 Å². The van der Waals surface area contributed by atoms with Gasteiger partial charge in [-0.25, -0.2) is 0 Å². The minimum atomic E-state index is -0.517. The van der Waals surface area contributed by atoms with Gasteiger partial charge in [-0.2, -0.15) is 5.26 Å². The third kappa shape index (κ3) is 5.99. The molecular formula is C28H24BrN3O3S. The summed E-state index contributed by atoms with van der Waals surface area (Å²) in [4.78, 5) is 28.2. The maximum Gasteiger partial charge on any atom is 0.264 e. The number of ether oxygens (including phenoxy) is 1. The second-order valence-corrected chi connectivity index (χ2v) is 10.1. The van der Waals surface area contributed by atoms with Crippen LogP contribution in [0.4, 0.5) is 5.69 Å². The van der Waals surface area contributed by atoms with E-state index in [-0.39, 0.29) is 18.0 Å². The predicted octanol–water partition coefficient (Wildman–Crippen LogP) is 5.59. The van der Waals surface area contributed by atoms with Gasteiger partial charge in [0.05, 0.1) is 11.9 Å². The minimum absolute atomic E-state index is 0.0866. The first-order valence-corrected chi connectivity index (χ1v) is 13.1. The van der Waals surface area contributed by atoms with Crippen LogP contribution >= 0.6 is 27.7 Å². The summed E-state index contributed by atoms with van der Waals surface area (Å²) >= 11 is 4.68. The van der Waals surface area contributed by atoms with Gasteiger partial charge in [-0.15, -0.1) is 0 Å². The van der Waals surface area contributed by atoms with Crippen molar-refractivity contribution in [3.63, 3.8) is 0 Å². The topological polar surface area (TPSA) is 82.4 Å². The molecule has 182 valence electrons. The van der Waals surface area contributed by atoms with Crippen molar-refractivity contribution < 1.29 is 14.3 Å². The predicted molar refractivity (Wildman–Crippen MR) is 145 cm³/mol. The molecule has 1 atom stereocenters. The van der Waals surface area contributed by atoms with Crippen molar-refractivity contribution in [3.05, 3.63) is 105 Å². The third-order valence-corrected chi connectivity index (χ3v) is 7.33. The highest BCUT2D eigenvalue weighted by Gasteiger charge is 2.40. The molecule has 1 aliphatic rings. The van der Waals surface area contributed by atoms with Crippen LogP contribution < -0.4 is 15.0 Å². The van der Waals surface area contributed by atoms with Crippen LogP contribution in [0.25, 0.3) is 0 Å². The second kappa shape index (κ2) is 11.9. The van der Waals surface area contributed by atoms with Crippen LogP contribution in [0.15, 0.2) is 93.9 Å². The van der Waals surface area contributed by atoms with Gasteiger partial charge in [-0.05, 0) is 60.9 Å². The van der Waals surface area contributed by atoms with E-state index in [1.165, 1.54) is 16.7 Å². The lowest BCUT2D eigenvalue weighted by molar-refractivity contribution is -0.117. The van der Waals surface area contributed by atoms with Crippen molar-refractivity contribution in [3.8, 4) is 11.8 Å². The molecule has 1 unspecified atom stereocenters. The molecule has 3 aromatic rings. The zero-order chi connectivity index (χ0) is 25.5. The number of hydrogen-bond donors (Lipinski definition) is 1. The molecule has 8 heteroatoms. The van der Waals surface area contributed by atoms with Crippen LogP contribution in [0, 0.1) is 11.3 Å². The van der Waals surface area contributed by atoms with Crippen LogP contribution in [0.2, 0.25) is 0 Å². The number of benzene rings is 3. The van der Waals surface area contributed by atoms with Gasteiger partial charge in [0.2, 0.25) is 5.91 Å². The molecule has 6 nitrogen and oxygen atoms in total. The van der Waals surface area contributed by atoms with E-state index in [2.05, 4.69) is 21.2 Å². The zero-order valence-corrected chi connectivity index (χ0v) is 22.0. The highest BCUT2D eigenvalue weighted by Crippen LogP contribution is 2.42. The monoisotopic (exact) mass is 561 g/mol. The van der Waals surface area contributed by atoms with Crippen LogP contribution in [-0.2, 0) is 22.6 Å². The van der Waals surface area contributed by atoms with E-state index in [9.17, 15) is 14.9 Å². The number of amides is 2. The smallest absolute Gasteiger partial charge is 0.264 e. The summed E-state index contributed by atoms with van der Waals surface area (Å²) in [5.41, 5.74) is 2.40. The van der Waals surface area contributed by atoms with Crippen molar-refractivity contribution >= 4 is 45.2 Å². The third-order valence-electron chi connectivity index (χ3n) is 5.54. The van der Waals surface area contributed by atoms with Crippen molar-refractivity contribution in [2.75, 3.05) is 11.5 Å². The van der Waals surface area contributed by atoms with E-state index in [1.807, 2.05) is 67.6 Å². The number of nitriles is 1. The first kappa shape index (κ1) is 25.5.